The first-order valence-electron chi connectivity index (χ1n) is 10.1. The number of amides is 1. The third kappa shape index (κ3) is 4.51. The van der Waals surface area contributed by atoms with Crippen LogP contribution in [-0.2, 0) is 17.9 Å². The molecule has 2 heterocycles. The fourth-order valence-corrected chi connectivity index (χ4v) is 3.29. The minimum atomic E-state index is -0.501. The predicted octanol–water partition coefficient (Wildman–Crippen LogP) is 3.02. The van der Waals surface area contributed by atoms with Gasteiger partial charge in [0.15, 0.2) is 5.65 Å². The van der Waals surface area contributed by atoms with E-state index in [1.807, 2.05) is 31.2 Å². The fraction of sp³-hybridized carbons (Fsp3) is 0.217. The molecule has 2 N–H and O–H groups in total. The summed E-state index contributed by atoms with van der Waals surface area (Å²) in [7, 11) is 0. The Labute approximate surface area is 183 Å². The van der Waals surface area contributed by atoms with Crippen LogP contribution < -0.4 is 16.3 Å². The van der Waals surface area contributed by atoms with E-state index in [4.69, 9.17) is 0 Å². The van der Waals surface area contributed by atoms with Gasteiger partial charge in [-0.25, -0.2) is 23.3 Å². The smallest absolute Gasteiger partial charge is 0.350 e. The second kappa shape index (κ2) is 8.62. The van der Waals surface area contributed by atoms with Gasteiger partial charge in [0.2, 0.25) is 11.9 Å². The van der Waals surface area contributed by atoms with Gasteiger partial charge in [-0.05, 0) is 50.1 Å². The van der Waals surface area contributed by atoms with Crippen molar-refractivity contribution in [3.63, 3.8) is 0 Å². The molecule has 164 valence electrons. The third-order valence-electron chi connectivity index (χ3n) is 5.01. The molecule has 0 aliphatic carbocycles. The highest BCUT2D eigenvalue weighted by molar-refractivity contribution is 5.75. The summed E-state index contributed by atoms with van der Waals surface area (Å²) in [6.07, 6.45) is 0. The van der Waals surface area contributed by atoms with Crippen molar-refractivity contribution >= 4 is 23.2 Å². The molecule has 0 atom stereocenters. The van der Waals surface area contributed by atoms with Crippen LogP contribution in [0.15, 0.2) is 53.3 Å². The zero-order valence-corrected chi connectivity index (χ0v) is 18.0. The summed E-state index contributed by atoms with van der Waals surface area (Å²) in [6, 6.07) is 14.0. The Bertz CT molecular complexity index is 1360. The molecule has 9 heteroatoms. The van der Waals surface area contributed by atoms with Gasteiger partial charge in [-0.3, -0.25) is 4.79 Å². The standard InChI is InChI=1S/C23H23FN6O2/c1-14-4-6-17(7-5-14)12-25-21(31)13-29-23(32)30-20(28-29)11-16(3)26-22(30)27-18-8-9-19(24)15(2)10-18/h4-11H,12-13H2,1-3H3,(H,25,31)(H,26,27). The molecule has 4 rings (SSSR count). The highest BCUT2D eigenvalue weighted by atomic mass is 19.1. The number of rotatable bonds is 6. The normalized spacial score (nSPS) is 11.0. The molecule has 4 aromatic rings. The van der Waals surface area contributed by atoms with Crippen molar-refractivity contribution in [1.82, 2.24) is 24.5 Å². The number of aryl methyl sites for hydroxylation is 3. The Kier molecular flexibility index (Phi) is 5.72. The molecule has 0 spiro atoms. The summed E-state index contributed by atoms with van der Waals surface area (Å²) in [5, 5.41) is 10.1. The summed E-state index contributed by atoms with van der Waals surface area (Å²) < 4.78 is 16.0. The van der Waals surface area contributed by atoms with Gasteiger partial charge in [0.05, 0.1) is 0 Å². The van der Waals surface area contributed by atoms with Crippen LogP contribution in [0.3, 0.4) is 0 Å². The third-order valence-corrected chi connectivity index (χ3v) is 5.01. The van der Waals surface area contributed by atoms with E-state index in [-0.39, 0.29) is 24.2 Å². The van der Waals surface area contributed by atoms with Crippen molar-refractivity contribution < 1.29 is 9.18 Å². The minimum absolute atomic E-state index is 0.222. The molecule has 0 aliphatic heterocycles. The first kappa shape index (κ1) is 21.2. The topological polar surface area (TPSA) is 93.3 Å². The second-order valence-electron chi connectivity index (χ2n) is 7.71. The lowest BCUT2D eigenvalue weighted by atomic mass is 10.1. The number of hydrogen-bond donors (Lipinski definition) is 2. The van der Waals surface area contributed by atoms with Crippen LogP contribution >= 0.6 is 0 Å². The van der Waals surface area contributed by atoms with E-state index in [0.717, 1.165) is 15.8 Å². The monoisotopic (exact) mass is 434 g/mol. The zero-order chi connectivity index (χ0) is 22.8. The maximum Gasteiger partial charge on any atom is 0.353 e. The molecule has 8 nitrogen and oxygen atoms in total. The highest BCUT2D eigenvalue weighted by Gasteiger charge is 2.15. The van der Waals surface area contributed by atoms with Crippen molar-refractivity contribution in [2.45, 2.75) is 33.9 Å². The number of carbonyl (C=O) groups excluding carboxylic acids is 1. The van der Waals surface area contributed by atoms with Crippen molar-refractivity contribution in [1.29, 1.82) is 0 Å². The largest absolute Gasteiger partial charge is 0.353 e. The van der Waals surface area contributed by atoms with E-state index < -0.39 is 5.69 Å². The van der Waals surface area contributed by atoms with Gasteiger partial charge in [-0.2, -0.15) is 0 Å². The van der Waals surface area contributed by atoms with Gasteiger partial charge < -0.3 is 10.6 Å². The Hall–Kier alpha value is -4.01. The maximum absolute atomic E-state index is 13.6. The summed E-state index contributed by atoms with van der Waals surface area (Å²) in [4.78, 5) is 29.8. The lowest BCUT2D eigenvalue weighted by Gasteiger charge is -2.09. The number of anilines is 2. The Balaban J connectivity index is 1.57. The number of aromatic nitrogens is 4. The number of nitrogens with zero attached hydrogens (tertiary/aromatic N) is 4. The number of benzene rings is 2. The molecule has 0 unspecified atom stereocenters. The summed E-state index contributed by atoms with van der Waals surface area (Å²) in [5.41, 5.74) is 3.65. The Morgan fingerprint density at radius 2 is 1.81 bits per heavy atom. The molecule has 0 aliphatic rings. The number of halogens is 1. The highest BCUT2D eigenvalue weighted by Crippen LogP contribution is 2.18. The average Bonchev–Trinajstić information content (AvgIpc) is 3.05. The summed E-state index contributed by atoms with van der Waals surface area (Å²) in [5.74, 6) is -0.411. The number of hydrogen-bond acceptors (Lipinski definition) is 5. The van der Waals surface area contributed by atoms with Crippen LogP contribution in [0.2, 0.25) is 0 Å². The van der Waals surface area contributed by atoms with Crippen LogP contribution in [-0.4, -0.2) is 25.1 Å². The predicted molar refractivity (Wildman–Crippen MR) is 119 cm³/mol. The molecule has 2 aromatic carbocycles. The Morgan fingerprint density at radius 1 is 1.06 bits per heavy atom. The van der Waals surface area contributed by atoms with E-state index in [1.165, 1.54) is 10.5 Å². The van der Waals surface area contributed by atoms with Crippen LogP contribution in [0.25, 0.3) is 5.65 Å². The second-order valence-corrected chi connectivity index (χ2v) is 7.71. The van der Waals surface area contributed by atoms with Crippen LogP contribution in [0.1, 0.15) is 22.4 Å². The van der Waals surface area contributed by atoms with Gasteiger partial charge >= 0.3 is 5.69 Å². The molecule has 0 saturated carbocycles. The number of carbonyl (C=O) groups is 1. The van der Waals surface area contributed by atoms with Gasteiger partial charge in [0.1, 0.15) is 12.4 Å². The minimum Gasteiger partial charge on any atom is -0.350 e. The van der Waals surface area contributed by atoms with E-state index >= 15 is 0 Å². The SMILES string of the molecule is Cc1ccc(CNC(=O)Cn2nc3cc(C)nc(Nc4ccc(F)c(C)c4)n3c2=O)cc1. The van der Waals surface area contributed by atoms with E-state index in [1.54, 1.807) is 32.0 Å². The lowest BCUT2D eigenvalue weighted by Crippen LogP contribution is -2.32. The summed E-state index contributed by atoms with van der Waals surface area (Å²) >= 11 is 0. The molecule has 0 fully saturated rings. The van der Waals surface area contributed by atoms with E-state index in [2.05, 4.69) is 20.7 Å². The van der Waals surface area contributed by atoms with Gasteiger partial charge in [-0.1, -0.05) is 29.8 Å². The van der Waals surface area contributed by atoms with Gasteiger partial charge in [0, 0.05) is 24.0 Å². The van der Waals surface area contributed by atoms with Crippen molar-refractivity contribution in [2.24, 2.45) is 0 Å². The molecule has 0 saturated heterocycles. The van der Waals surface area contributed by atoms with E-state index in [0.29, 0.717) is 29.1 Å². The van der Waals surface area contributed by atoms with Crippen LogP contribution in [0, 0.1) is 26.6 Å². The molecule has 2 aromatic heterocycles. The molecule has 0 bridgehead atoms. The molecule has 1 amide bonds. The van der Waals surface area contributed by atoms with Crippen molar-refractivity contribution in [3.8, 4) is 0 Å². The Morgan fingerprint density at radius 3 is 2.53 bits per heavy atom. The fourth-order valence-electron chi connectivity index (χ4n) is 3.29. The molecule has 32 heavy (non-hydrogen) atoms. The molecule has 0 radical (unpaired) electrons. The van der Waals surface area contributed by atoms with Gasteiger partial charge in [-0.15, -0.1) is 5.10 Å². The first-order chi connectivity index (χ1) is 15.3. The molecular weight excluding hydrogens is 411 g/mol. The van der Waals surface area contributed by atoms with Gasteiger partial charge in [0.25, 0.3) is 0 Å². The van der Waals surface area contributed by atoms with E-state index in [9.17, 15) is 14.0 Å². The summed E-state index contributed by atoms with van der Waals surface area (Å²) in [6.45, 7) is 5.56. The maximum atomic E-state index is 13.6. The van der Waals surface area contributed by atoms with Crippen LogP contribution in [0.4, 0.5) is 16.0 Å². The number of nitrogens with one attached hydrogen (secondary N) is 2. The van der Waals surface area contributed by atoms with Crippen molar-refractivity contribution in [2.75, 3.05) is 5.32 Å². The lowest BCUT2D eigenvalue weighted by molar-refractivity contribution is -0.122. The first-order valence-corrected chi connectivity index (χ1v) is 10.1. The quantitative estimate of drug-likeness (QED) is 0.487. The number of fused-ring (bicyclic) bond motifs is 1. The zero-order valence-electron chi connectivity index (χ0n) is 18.0. The average molecular weight is 434 g/mol. The molecular formula is C23H23FN6O2. The van der Waals surface area contributed by atoms with Crippen molar-refractivity contribution in [3.05, 3.63) is 87.2 Å². The van der Waals surface area contributed by atoms with Crippen LogP contribution in [0.5, 0.6) is 0 Å².